The minimum atomic E-state index is -0.206. The van der Waals surface area contributed by atoms with Gasteiger partial charge in [-0.1, -0.05) is 24.6 Å². The Morgan fingerprint density at radius 2 is 2.00 bits per heavy atom. The molecule has 0 amide bonds. The van der Waals surface area contributed by atoms with Crippen LogP contribution in [0.1, 0.15) is 39.2 Å². The summed E-state index contributed by atoms with van der Waals surface area (Å²) in [5.74, 6) is -0.206. The lowest BCUT2D eigenvalue weighted by Gasteiger charge is -2.42. The van der Waals surface area contributed by atoms with E-state index in [-0.39, 0.29) is 17.4 Å². The number of likely N-dealkylation sites (tertiary alicyclic amines) is 1. The van der Waals surface area contributed by atoms with E-state index in [4.69, 9.17) is 11.6 Å². The third kappa shape index (κ3) is 3.97. The van der Waals surface area contributed by atoms with Crippen molar-refractivity contribution in [3.63, 3.8) is 0 Å². The van der Waals surface area contributed by atoms with E-state index in [2.05, 4.69) is 31.0 Å². The molecular formula is C17H26ClFN2. The van der Waals surface area contributed by atoms with Crippen LogP contribution in [0.4, 0.5) is 4.39 Å². The average Bonchev–Trinajstić information content (AvgIpc) is 2.95. The molecule has 1 atom stereocenters. The van der Waals surface area contributed by atoms with Crippen molar-refractivity contribution in [3.8, 4) is 0 Å². The predicted molar refractivity (Wildman–Crippen MR) is 87.5 cm³/mol. The topological polar surface area (TPSA) is 15.3 Å². The molecule has 1 fully saturated rings. The van der Waals surface area contributed by atoms with Crippen LogP contribution in [-0.2, 0) is 6.42 Å². The molecule has 1 saturated heterocycles. The third-order valence-electron chi connectivity index (χ3n) is 4.66. The van der Waals surface area contributed by atoms with Gasteiger partial charge >= 0.3 is 0 Å². The Balaban J connectivity index is 2.17. The van der Waals surface area contributed by atoms with E-state index in [0.717, 1.165) is 25.2 Å². The molecular weight excluding hydrogens is 287 g/mol. The van der Waals surface area contributed by atoms with Crippen LogP contribution in [-0.4, -0.2) is 36.1 Å². The van der Waals surface area contributed by atoms with Gasteiger partial charge in [0.15, 0.2) is 0 Å². The summed E-state index contributed by atoms with van der Waals surface area (Å²) in [7, 11) is 0. The first kappa shape index (κ1) is 16.7. The SMILES string of the molecule is CCNC(Cc1ccc(Cl)cc1F)C(C)(C)N1CCCC1. The van der Waals surface area contributed by atoms with Gasteiger partial charge in [0, 0.05) is 16.6 Å². The van der Waals surface area contributed by atoms with Crippen LogP contribution < -0.4 is 5.32 Å². The maximum atomic E-state index is 14.1. The van der Waals surface area contributed by atoms with Crippen LogP contribution in [0.2, 0.25) is 5.02 Å². The van der Waals surface area contributed by atoms with Crippen molar-refractivity contribution < 1.29 is 4.39 Å². The van der Waals surface area contributed by atoms with Crippen LogP contribution in [0, 0.1) is 5.82 Å². The number of nitrogens with one attached hydrogen (secondary N) is 1. The van der Waals surface area contributed by atoms with Crippen molar-refractivity contribution in [1.82, 2.24) is 10.2 Å². The Morgan fingerprint density at radius 1 is 1.33 bits per heavy atom. The second kappa shape index (κ2) is 7.08. The Kier molecular flexibility index (Phi) is 5.64. The zero-order chi connectivity index (χ0) is 15.5. The highest BCUT2D eigenvalue weighted by Crippen LogP contribution is 2.27. The molecule has 1 heterocycles. The summed E-state index contributed by atoms with van der Waals surface area (Å²) >= 11 is 5.84. The highest BCUT2D eigenvalue weighted by atomic mass is 35.5. The fraction of sp³-hybridized carbons (Fsp3) is 0.647. The first-order valence-electron chi connectivity index (χ1n) is 7.87. The van der Waals surface area contributed by atoms with Gasteiger partial charge in [0.1, 0.15) is 5.82 Å². The van der Waals surface area contributed by atoms with Crippen molar-refractivity contribution in [2.45, 2.75) is 51.6 Å². The van der Waals surface area contributed by atoms with E-state index in [1.807, 2.05) is 6.07 Å². The summed E-state index contributed by atoms with van der Waals surface area (Å²) in [6, 6.07) is 5.20. The number of hydrogen-bond acceptors (Lipinski definition) is 2. The van der Waals surface area contributed by atoms with Crippen LogP contribution in [0.25, 0.3) is 0 Å². The van der Waals surface area contributed by atoms with Crippen molar-refractivity contribution in [1.29, 1.82) is 0 Å². The van der Waals surface area contributed by atoms with Gasteiger partial charge in [-0.05, 0) is 70.4 Å². The minimum Gasteiger partial charge on any atom is -0.312 e. The molecule has 1 aliphatic heterocycles. The van der Waals surface area contributed by atoms with Crippen LogP contribution in [0.3, 0.4) is 0 Å². The molecule has 21 heavy (non-hydrogen) atoms. The third-order valence-corrected chi connectivity index (χ3v) is 4.90. The highest BCUT2D eigenvalue weighted by molar-refractivity contribution is 6.30. The van der Waals surface area contributed by atoms with E-state index in [1.165, 1.54) is 18.9 Å². The molecule has 1 aromatic rings. The predicted octanol–water partition coefficient (Wildman–Crippen LogP) is 3.87. The molecule has 0 aromatic heterocycles. The molecule has 4 heteroatoms. The minimum absolute atomic E-state index is 0.0125. The molecule has 1 aromatic carbocycles. The van der Waals surface area contributed by atoms with Crippen LogP contribution in [0.15, 0.2) is 18.2 Å². The number of halogens is 2. The zero-order valence-electron chi connectivity index (χ0n) is 13.3. The standard InChI is InChI=1S/C17H26ClFN2/c1-4-20-16(17(2,3)21-9-5-6-10-21)11-13-7-8-14(18)12-15(13)19/h7-8,12,16,20H,4-6,9-11H2,1-3H3. The summed E-state index contributed by atoms with van der Waals surface area (Å²) in [5, 5.41) is 4.00. The first-order valence-corrected chi connectivity index (χ1v) is 8.25. The lowest BCUT2D eigenvalue weighted by Crippen LogP contribution is -2.57. The van der Waals surface area contributed by atoms with Crippen LogP contribution in [0.5, 0.6) is 0 Å². The lowest BCUT2D eigenvalue weighted by molar-refractivity contribution is 0.107. The summed E-state index contributed by atoms with van der Waals surface area (Å²) in [5.41, 5.74) is 0.746. The smallest absolute Gasteiger partial charge is 0.127 e. The van der Waals surface area contributed by atoms with E-state index in [9.17, 15) is 4.39 Å². The lowest BCUT2D eigenvalue weighted by atomic mass is 9.87. The zero-order valence-corrected chi connectivity index (χ0v) is 14.0. The molecule has 0 radical (unpaired) electrons. The first-order chi connectivity index (χ1) is 9.95. The monoisotopic (exact) mass is 312 g/mol. The summed E-state index contributed by atoms with van der Waals surface area (Å²) in [6.07, 6.45) is 3.20. The maximum Gasteiger partial charge on any atom is 0.127 e. The second-order valence-corrected chi connectivity index (χ2v) is 6.83. The molecule has 0 aliphatic carbocycles. The van der Waals surface area contributed by atoms with Crippen molar-refractivity contribution >= 4 is 11.6 Å². The van der Waals surface area contributed by atoms with E-state index in [1.54, 1.807) is 6.07 Å². The molecule has 1 unspecified atom stereocenters. The fourth-order valence-electron chi connectivity index (χ4n) is 3.24. The summed E-state index contributed by atoms with van der Waals surface area (Å²) in [6.45, 7) is 9.79. The molecule has 1 aliphatic rings. The molecule has 118 valence electrons. The van der Waals surface area contributed by atoms with Gasteiger partial charge in [0.2, 0.25) is 0 Å². The molecule has 0 saturated carbocycles. The van der Waals surface area contributed by atoms with Gasteiger partial charge in [0.25, 0.3) is 0 Å². The van der Waals surface area contributed by atoms with Gasteiger partial charge in [-0.25, -0.2) is 4.39 Å². The summed E-state index contributed by atoms with van der Waals surface area (Å²) in [4.78, 5) is 2.52. The molecule has 0 spiro atoms. The van der Waals surface area contributed by atoms with Crippen molar-refractivity contribution in [2.75, 3.05) is 19.6 Å². The van der Waals surface area contributed by atoms with Gasteiger partial charge < -0.3 is 5.32 Å². The Bertz CT molecular complexity index is 470. The van der Waals surface area contributed by atoms with Crippen molar-refractivity contribution in [3.05, 3.63) is 34.6 Å². The number of benzene rings is 1. The quantitative estimate of drug-likeness (QED) is 0.857. The van der Waals surface area contributed by atoms with E-state index in [0.29, 0.717) is 11.4 Å². The van der Waals surface area contributed by atoms with E-state index < -0.39 is 0 Å². The molecule has 2 nitrogen and oxygen atoms in total. The molecule has 1 N–H and O–H groups in total. The largest absolute Gasteiger partial charge is 0.312 e. The Hall–Kier alpha value is -0.640. The Labute approximate surface area is 132 Å². The van der Waals surface area contributed by atoms with Crippen LogP contribution >= 0.6 is 11.6 Å². The van der Waals surface area contributed by atoms with E-state index >= 15 is 0 Å². The number of hydrogen-bond donors (Lipinski definition) is 1. The second-order valence-electron chi connectivity index (χ2n) is 6.40. The van der Waals surface area contributed by atoms with Gasteiger partial charge in [-0.3, -0.25) is 4.90 Å². The average molecular weight is 313 g/mol. The number of likely N-dealkylation sites (N-methyl/N-ethyl adjacent to an activating group) is 1. The highest BCUT2D eigenvalue weighted by Gasteiger charge is 2.36. The fourth-order valence-corrected chi connectivity index (χ4v) is 3.40. The summed E-state index contributed by atoms with van der Waals surface area (Å²) < 4.78 is 14.1. The Morgan fingerprint density at radius 3 is 2.57 bits per heavy atom. The number of nitrogens with zero attached hydrogens (tertiary/aromatic N) is 1. The normalized spacial score (nSPS) is 18.1. The number of rotatable bonds is 6. The van der Waals surface area contributed by atoms with Gasteiger partial charge in [-0.2, -0.15) is 0 Å². The molecule has 0 bridgehead atoms. The van der Waals surface area contributed by atoms with Gasteiger partial charge in [0.05, 0.1) is 0 Å². The maximum absolute atomic E-state index is 14.1. The van der Waals surface area contributed by atoms with Gasteiger partial charge in [-0.15, -0.1) is 0 Å². The van der Waals surface area contributed by atoms with Crippen molar-refractivity contribution in [2.24, 2.45) is 0 Å². The molecule has 2 rings (SSSR count).